The number of rotatable bonds is 0. The smallest absolute Gasteiger partial charge is 0.485 e. The Morgan fingerprint density at radius 2 is 1.05 bits per heavy atom. The van der Waals surface area contributed by atoms with Crippen LogP contribution in [0, 0.1) is 10.8 Å². The molecule has 2 heterocycles. The minimum Gasteiger partial charge on any atom is -0.485 e. The van der Waals surface area contributed by atoms with Crippen molar-refractivity contribution in [1.29, 1.82) is 10.8 Å². The fraction of sp³-hybridized carbons (Fsp3) is 0.125. The van der Waals surface area contributed by atoms with Crippen molar-refractivity contribution in [2.24, 2.45) is 0 Å². The Balaban J connectivity index is 0.000000147. The second kappa shape index (κ2) is 6.70. The summed E-state index contributed by atoms with van der Waals surface area (Å²) in [5, 5.41) is 22.6. The average molecular weight is 310 g/mol. The van der Waals surface area contributed by atoms with E-state index in [0.29, 0.717) is 24.5 Å². The summed E-state index contributed by atoms with van der Waals surface area (Å²) in [5.41, 5.74) is 4.28. The van der Waals surface area contributed by atoms with Gasteiger partial charge in [-0.05, 0) is 35.3 Å². The van der Waals surface area contributed by atoms with Gasteiger partial charge in [0.25, 0.3) is 0 Å². The summed E-state index contributed by atoms with van der Waals surface area (Å²) >= 11 is 0. The molecule has 5 heteroatoms. The van der Waals surface area contributed by atoms with Gasteiger partial charge in [0.15, 0.2) is 0 Å². The fourth-order valence-corrected chi connectivity index (χ4v) is 2.27. The molecule has 2 aliphatic heterocycles. The third-order valence-corrected chi connectivity index (χ3v) is 3.21. The van der Waals surface area contributed by atoms with Crippen molar-refractivity contribution in [3.8, 4) is 0 Å². The summed E-state index contributed by atoms with van der Waals surface area (Å²) in [6.07, 6.45) is 1.41. The average Bonchev–Trinajstić information content (AvgIpc) is 2.99. The second-order valence-electron chi connectivity index (χ2n) is 4.73. The van der Waals surface area contributed by atoms with Crippen LogP contribution in [0.1, 0.15) is 11.1 Å². The topological polar surface area (TPSA) is 75.9 Å². The molecule has 2 aromatic rings. The van der Waals surface area contributed by atoms with Crippen LogP contribution in [0.4, 0.5) is 11.4 Å². The predicted octanol–water partition coefficient (Wildman–Crippen LogP) is 4.45. The van der Waals surface area contributed by atoms with Gasteiger partial charge in [0.05, 0.1) is 0 Å². The quantitative estimate of drug-likeness (QED) is 0.675. The Hall–Kier alpha value is -1.91. The van der Waals surface area contributed by atoms with Gasteiger partial charge in [-0.15, -0.1) is 0 Å². The van der Waals surface area contributed by atoms with Crippen molar-refractivity contribution in [2.45, 2.75) is 12.8 Å². The number of para-hydroxylation sites is 2. The maximum absolute atomic E-state index is 7.27. The first-order chi connectivity index (χ1) is 9.72. The number of amidine groups is 2. The predicted molar refractivity (Wildman–Crippen MR) is 81.8 cm³/mol. The third-order valence-electron chi connectivity index (χ3n) is 3.21. The summed E-state index contributed by atoms with van der Waals surface area (Å²) in [6.45, 7) is 0. The molecule has 2 aromatic carbocycles. The van der Waals surface area contributed by atoms with Crippen LogP contribution in [0.25, 0.3) is 10.6 Å². The molecule has 0 fully saturated rings. The van der Waals surface area contributed by atoms with Gasteiger partial charge in [-0.1, -0.05) is 60.2 Å². The first-order valence-electron chi connectivity index (χ1n) is 6.46. The van der Waals surface area contributed by atoms with E-state index in [1.807, 2.05) is 48.5 Å². The zero-order valence-electron chi connectivity index (χ0n) is 11.4. The third kappa shape index (κ3) is 3.60. The second-order valence-corrected chi connectivity index (χ2v) is 4.73. The molecule has 0 aliphatic carbocycles. The van der Waals surface area contributed by atoms with Crippen LogP contribution in [0.5, 0.6) is 0 Å². The zero-order chi connectivity index (χ0) is 13.9. The van der Waals surface area contributed by atoms with Gasteiger partial charge in [0.1, 0.15) is 0 Å². The van der Waals surface area contributed by atoms with Gasteiger partial charge in [-0.25, -0.2) is 0 Å². The zero-order valence-corrected chi connectivity index (χ0v) is 13.0. The van der Waals surface area contributed by atoms with Crippen LogP contribution in [0.2, 0.25) is 0 Å². The number of hydrogen-bond acceptors (Lipinski definition) is 2. The van der Waals surface area contributed by atoms with Gasteiger partial charge in [0.2, 0.25) is 0 Å². The first kappa shape index (κ1) is 15.5. The van der Waals surface area contributed by atoms with Crippen LogP contribution in [-0.4, -0.2) is 11.7 Å². The monoisotopic (exact) mass is 310 g/mol. The van der Waals surface area contributed by atoms with Gasteiger partial charge < -0.3 is 21.5 Å². The van der Waals surface area contributed by atoms with Gasteiger partial charge >= 0.3 is 21.7 Å². The Morgan fingerprint density at radius 3 is 1.43 bits per heavy atom. The van der Waals surface area contributed by atoms with E-state index >= 15 is 0 Å². The maximum Gasteiger partial charge on any atom is 2.00 e. The molecule has 0 atom stereocenters. The van der Waals surface area contributed by atoms with Crippen molar-refractivity contribution in [1.82, 2.24) is 0 Å². The number of benzene rings is 2. The van der Waals surface area contributed by atoms with Crippen molar-refractivity contribution in [3.63, 3.8) is 0 Å². The molecule has 0 saturated heterocycles. The molecule has 0 saturated carbocycles. The molecule has 0 amide bonds. The van der Waals surface area contributed by atoms with Crippen LogP contribution >= 0.6 is 0 Å². The molecule has 2 N–H and O–H groups in total. The van der Waals surface area contributed by atoms with Crippen LogP contribution in [0.3, 0.4) is 0 Å². The number of nitrogens with one attached hydrogen (secondary N) is 2. The molecule has 0 aromatic heterocycles. The Morgan fingerprint density at radius 1 is 0.667 bits per heavy atom. The Bertz CT molecular complexity index is 568. The van der Waals surface area contributed by atoms with Gasteiger partial charge in [0, 0.05) is 0 Å². The van der Waals surface area contributed by atoms with E-state index in [1.165, 1.54) is 11.1 Å². The summed E-state index contributed by atoms with van der Waals surface area (Å²) in [6, 6.07) is 15.8. The largest absolute Gasteiger partial charge is 2.00 e. The molecule has 0 bridgehead atoms. The fourth-order valence-electron chi connectivity index (χ4n) is 2.27. The standard InChI is InChI=1S/2C8H7N2.Ti/c2*9-8-5-6-3-1-2-4-7(6)10-8;/h2*1-4H,5H2,(H-,9,10);/q2*-1;+2. The van der Waals surface area contributed by atoms with E-state index in [2.05, 4.69) is 10.6 Å². The molecule has 21 heavy (non-hydrogen) atoms. The summed E-state index contributed by atoms with van der Waals surface area (Å²) in [5.74, 6) is 0.947. The molecule has 102 valence electrons. The van der Waals surface area contributed by atoms with E-state index in [1.54, 1.807) is 0 Å². The van der Waals surface area contributed by atoms with Gasteiger partial charge in [-0.2, -0.15) is 0 Å². The SMILES string of the molecule is N=C1Cc2ccccc2[N-]1.N=C1Cc2ccccc2[N-]1.[Ti+2]. The molecular weight excluding hydrogens is 296 g/mol. The number of fused-ring (bicyclic) bond motifs is 2. The minimum atomic E-state index is 0. The Kier molecular flexibility index (Phi) is 4.94. The van der Waals surface area contributed by atoms with E-state index in [-0.39, 0.29) is 21.7 Å². The summed E-state index contributed by atoms with van der Waals surface area (Å²) < 4.78 is 0. The molecule has 0 unspecified atom stereocenters. The van der Waals surface area contributed by atoms with Crippen LogP contribution in [-0.2, 0) is 34.6 Å². The molecule has 0 radical (unpaired) electrons. The molecule has 2 aliphatic rings. The molecule has 0 spiro atoms. The normalized spacial score (nSPS) is 13.9. The number of nitrogens with zero attached hydrogens (tertiary/aromatic N) is 2. The van der Waals surface area contributed by atoms with E-state index in [4.69, 9.17) is 10.8 Å². The van der Waals surface area contributed by atoms with Crippen LogP contribution in [0.15, 0.2) is 48.5 Å². The summed E-state index contributed by atoms with van der Waals surface area (Å²) in [7, 11) is 0. The van der Waals surface area contributed by atoms with Crippen molar-refractivity contribution < 1.29 is 21.7 Å². The molecular formula is C16H14N4Ti. The maximum atomic E-state index is 7.27. The summed E-state index contributed by atoms with van der Waals surface area (Å²) in [4.78, 5) is 0. The van der Waals surface area contributed by atoms with Crippen LogP contribution < -0.4 is 0 Å². The first-order valence-corrected chi connectivity index (χ1v) is 6.46. The molecule has 4 nitrogen and oxygen atoms in total. The molecule has 4 rings (SSSR count). The van der Waals surface area contributed by atoms with Crippen molar-refractivity contribution >= 4 is 23.0 Å². The van der Waals surface area contributed by atoms with Gasteiger partial charge in [-0.3, -0.25) is 0 Å². The van der Waals surface area contributed by atoms with E-state index in [0.717, 1.165) is 11.4 Å². The van der Waals surface area contributed by atoms with E-state index < -0.39 is 0 Å². The Labute approximate surface area is 138 Å². The van der Waals surface area contributed by atoms with Crippen molar-refractivity contribution in [2.75, 3.05) is 0 Å². The number of hydrogen-bond donors (Lipinski definition) is 2. The minimum absolute atomic E-state index is 0. The van der Waals surface area contributed by atoms with Crippen molar-refractivity contribution in [3.05, 3.63) is 70.3 Å². The van der Waals surface area contributed by atoms with E-state index in [9.17, 15) is 0 Å².